The summed E-state index contributed by atoms with van der Waals surface area (Å²) < 4.78 is 29.2. The second kappa shape index (κ2) is 8.27. The van der Waals surface area contributed by atoms with Crippen LogP contribution in [0, 0.1) is 17.0 Å². The predicted molar refractivity (Wildman–Crippen MR) is 109 cm³/mol. The van der Waals surface area contributed by atoms with Crippen molar-refractivity contribution in [2.24, 2.45) is 5.10 Å². The highest BCUT2D eigenvalue weighted by molar-refractivity contribution is 9.10. The van der Waals surface area contributed by atoms with Gasteiger partial charge in [0.1, 0.15) is 0 Å². The second-order valence-electron chi connectivity index (χ2n) is 6.00. The van der Waals surface area contributed by atoms with E-state index >= 15 is 0 Å². The van der Waals surface area contributed by atoms with Gasteiger partial charge in [-0.25, -0.2) is 4.52 Å². The van der Waals surface area contributed by atoms with Crippen LogP contribution in [0.1, 0.15) is 11.1 Å². The van der Waals surface area contributed by atoms with Gasteiger partial charge < -0.3 is 5.11 Å². The van der Waals surface area contributed by atoms with Crippen LogP contribution in [0.2, 0.25) is 0 Å². The van der Waals surface area contributed by atoms with Crippen LogP contribution in [-0.2, 0) is 10.0 Å². The summed E-state index contributed by atoms with van der Waals surface area (Å²) in [6.45, 7) is 0.731. The summed E-state index contributed by atoms with van der Waals surface area (Å²) in [5, 5.41) is 28.5. The Balaban J connectivity index is 2.02. The van der Waals surface area contributed by atoms with Crippen LogP contribution >= 0.6 is 15.9 Å². The molecule has 1 N–H and O–H groups in total. The Hall–Kier alpha value is -2.83. The molecule has 3 rings (SSSR count). The van der Waals surface area contributed by atoms with E-state index in [1.165, 1.54) is 31.5 Å². The molecule has 0 amide bonds. The Bertz CT molecular complexity index is 1210. The number of nitro groups is 1. The van der Waals surface area contributed by atoms with Gasteiger partial charge in [-0.05, 0) is 24.6 Å². The molecular weight excluding hydrogens is 466 g/mol. The van der Waals surface area contributed by atoms with Crippen molar-refractivity contribution in [3.8, 4) is 0 Å². The number of sulfonamides is 1. The highest BCUT2D eigenvalue weighted by Crippen LogP contribution is 2.25. The van der Waals surface area contributed by atoms with Crippen molar-refractivity contribution < 1.29 is 18.4 Å². The van der Waals surface area contributed by atoms with Crippen LogP contribution in [0.3, 0.4) is 0 Å². The average Bonchev–Trinajstić information content (AvgIpc) is 3.07. The lowest BCUT2D eigenvalue weighted by Crippen LogP contribution is -2.29. The molecule has 0 spiro atoms. The third kappa shape index (κ3) is 4.28. The van der Waals surface area contributed by atoms with Crippen molar-refractivity contribution in [1.82, 2.24) is 14.0 Å². The van der Waals surface area contributed by atoms with Crippen LogP contribution in [-0.4, -0.2) is 51.8 Å². The summed E-state index contributed by atoms with van der Waals surface area (Å²) in [7, 11) is -4.23. The summed E-state index contributed by atoms with van der Waals surface area (Å²) in [6.07, 6.45) is 4.56. The van der Waals surface area contributed by atoms with Crippen molar-refractivity contribution in [3.63, 3.8) is 0 Å². The number of hydrogen-bond acceptors (Lipinski definition) is 7. The van der Waals surface area contributed by atoms with Crippen LogP contribution in [0.4, 0.5) is 5.69 Å². The number of fused-ring (bicyclic) bond motifs is 1. The molecule has 152 valence electrons. The van der Waals surface area contributed by atoms with Gasteiger partial charge in [0.05, 0.1) is 40.9 Å². The number of nitrogens with zero attached hydrogens (tertiary/aromatic N) is 5. The lowest BCUT2D eigenvalue weighted by Gasteiger charge is -2.19. The van der Waals surface area contributed by atoms with Crippen molar-refractivity contribution in [2.75, 3.05) is 13.2 Å². The zero-order chi connectivity index (χ0) is 21.2. The quantitative estimate of drug-likeness (QED) is 0.313. The number of pyridine rings is 1. The molecule has 0 aliphatic rings. The number of aliphatic hydroxyl groups excluding tert-OH is 1. The molecule has 0 radical (unpaired) electrons. The highest BCUT2D eigenvalue weighted by Gasteiger charge is 2.26. The fraction of sp³-hybridized carbons (Fsp3) is 0.176. The number of aromatic nitrogens is 2. The van der Waals surface area contributed by atoms with E-state index in [2.05, 4.69) is 26.1 Å². The first kappa shape index (κ1) is 20.9. The summed E-state index contributed by atoms with van der Waals surface area (Å²) in [4.78, 5) is 10.1. The summed E-state index contributed by atoms with van der Waals surface area (Å²) >= 11 is 3.36. The minimum absolute atomic E-state index is 0.250. The topological polar surface area (TPSA) is 130 Å². The van der Waals surface area contributed by atoms with Gasteiger partial charge in [0.2, 0.25) is 0 Å². The fourth-order valence-electron chi connectivity index (χ4n) is 2.62. The molecule has 0 atom stereocenters. The first-order valence-electron chi connectivity index (χ1n) is 8.29. The van der Waals surface area contributed by atoms with E-state index in [0.29, 0.717) is 21.1 Å². The molecule has 0 aliphatic heterocycles. The van der Waals surface area contributed by atoms with Gasteiger partial charge in [-0.3, -0.25) is 10.1 Å². The van der Waals surface area contributed by atoms with E-state index in [-0.39, 0.29) is 17.1 Å². The molecule has 0 bridgehead atoms. The Kier molecular flexibility index (Phi) is 5.96. The summed E-state index contributed by atoms with van der Waals surface area (Å²) in [6, 6.07) is 7.16. The van der Waals surface area contributed by atoms with E-state index in [0.717, 1.165) is 10.5 Å². The zero-order valence-corrected chi connectivity index (χ0v) is 17.5. The lowest BCUT2D eigenvalue weighted by molar-refractivity contribution is -0.385. The minimum Gasteiger partial charge on any atom is -0.394 e. The van der Waals surface area contributed by atoms with Crippen LogP contribution < -0.4 is 0 Å². The molecule has 2 heterocycles. The molecule has 0 saturated carbocycles. The first-order chi connectivity index (χ1) is 13.7. The van der Waals surface area contributed by atoms with Gasteiger partial charge in [-0.15, -0.1) is 0 Å². The number of rotatable bonds is 7. The van der Waals surface area contributed by atoms with E-state index in [1.807, 2.05) is 0 Å². The van der Waals surface area contributed by atoms with E-state index in [1.54, 1.807) is 22.8 Å². The Labute approximate surface area is 174 Å². The number of hydrazone groups is 1. The maximum absolute atomic E-state index is 13.0. The highest BCUT2D eigenvalue weighted by atomic mass is 79.9. The Morgan fingerprint density at radius 2 is 2.14 bits per heavy atom. The number of nitro benzene ring substituents is 1. The van der Waals surface area contributed by atoms with E-state index in [9.17, 15) is 23.6 Å². The predicted octanol–water partition coefficient (Wildman–Crippen LogP) is 2.33. The maximum Gasteiger partial charge on any atom is 0.279 e. The van der Waals surface area contributed by atoms with Crippen molar-refractivity contribution in [2.45, 2.75) is 11.8 Å². The number of aryl methyl sites for hydroxylation is 1. The molecule has 0 fully saturated rings. The van der Waals surface area contributed by atoms with Crippen LogP contribution in [0.5, 0.6) is 0 Å². The smallest absolute Gasteiger partial charge is 0.279 e. The van der Waals surface area contributed by atoms with E-state index < -0.39 is 21.6 Å². The maximum atomic E-state index is 13.0. The van der Waals surface area contributed by atoms with Crippen molar-refractivity contribution in [1.29, 1.82) is 0 Å². The van der Waals surface area contributed by atoms with Gasteiger partial charge in [0.15, 0.2) is 0 Å². The minimum atomic E-state index is -4.23. The van der Waals surface area contributed by atoms with E-state index in [4.69, 9.17) is 0 Å². The molecule has 0 unspecified atom stereocenters. The molecule has 1 aromatic carbocycles. The summed E-state index contributed by atoms with van der Waals surface area (Å²) in [5.41, 5.74) is 1.22. The third-order valence-corrected chi connectivity index (χ3v) is 6.39. The third-order valence-electron chi connectivity index (χ3n) is 4.07. The molecule has 0 saturated heterocycles. The summed E-state index contributed by atoms with van der Waals surface area (Å²) in [5.74, 6) is 0. The largest absolute Gasteiger partial charge is 0.394 e. The SMILES string of the molecule is Cc1ccc([N+](=O)[O-])cc1S(=O)(=O)N(CCO)/N=C/c1cnn2ccc(Br)cc12. The number of benzene rings is 1. The molecule has 10 nitrogen and oxygen atoms in total. The van der Waals surface area contributed by atoms with Gasteiger partial charge in [-0.2, -0.15) is 23.0 Å². The van der Waals surface area contributed by atoms with Crippen LogP contribution in [0.15, 0.2) is 57.2 Å². The number of hydrogen-bond donors (Lipinski definition) is 1. The van der Waals surface area contributed by atoms with Gasteiger partial charge in [0.25, 0.3) is 15.7 Å². The van der Waals surface area contributed by atoms with Gasteiger partial charge in [-0.1, -0.05) is 22.0 Å². The second-order valence-corrected chi connectivity index (χ2v) is 8.73. The fourth-order valence-corrected chi connectivity index (χ4v) is 4.42. The first-order valence-corrected chi connectivity index (χ1v) is 10.5. The lowest BCUT2D eigenvalue weighted by atomic mass is 10.2. The number of halogens is 1. The molecule has 2 aromatic heterocycles. The molecule has 12 heteroatoms. The molecule has 0 aliphatic carbocycles. The van der Waals surface area contributed by atoms with Crippen LogP contribution in [0.25, 0.3) is 5.52 Å². The molecule has 3 aromatic rings. The van der Waals surface area contributed by atoms with Gasteiger partial charge >= 0.3 is 0 Å². The normalized spacial score (nSPS) is 12.0. The Morgan fingerprint density at radius 3 is 2.83 bits per heavy atom. The standard InChI is InChI=1S/C17H16BrN5O5S/c1-12-2-3-15(23(25)26)9-17(12)29(27,28)22(6-7-24)20-11-13-10-19-21-5-4-14(18)8-16(13)21/h2-5,8-11,24H,6-7H2,1H3/b20-11+. The van der Waals surface area contributed by atoms with Crippen molar-refractivity contribution in [3.05, 3.63) is 68.4 Å². The zero-order valence-electron chi connectivity index (χ0n) is 15.1. The Morgan fingerprint density at radius 1 is 1.38 bits per heavy atom. The number of aliphatic hydroxyl groups is 1. The number of non-ortho nitro benzene ring substituents is 1. The molecule has 29 heavy (non-hydrogen) atoms. The van der Waals surface area contributed by atoms with Gasteiger partial charge in [0, 0.05) is 28.4 Å². The molecular formula is C17H16BrN5O5S. The average molecular weight is 482 g/mol. The monoisotopic (exact) mass is 481 g/mol. The van der Waals surface area contributed by atoms with Crippen molar-refractivity contribution >= 4 is 43.4 Å².